The van der Waals surface area contributed by atoms with Crippen LogP contribution in [0.1, 0.15) is 72.0 Å². The van der Waals surface area contributed by atoms with E-state index in [1.807, 2.05) is 76.0 Å². The van der Waals surface area contributed by atoms with Gasteiger partial charge in [0.25, 0.3) is 6.33 Å². The molecule has 0 atom stereocenters. The number of nitrogens with zero attached hydrogens (tertiary/aromatic N) is 4. The van der Waals surface area contributed by atoms with E-state index in [0.717, 1.165) is 84.1 Å². The minimum absolute atomic E-state index is 0.110. The average Bonchev–Trinajstić information content (AvgIpc) is 3.95. The van der Waals surface area contributed by atoms with Crippen LogP contribution in [0.3, 0.4) is 0 Å². The average molecular weight is 902 g/mol. The molecule has 338 valence electrons. The number of pyridine rings is 1. The summed E-state index contributed by atoms with van der Waals surface area (Å²) in [6.45, 7) is 15.4. The molecular weight excluding hydrogens is 841 g/mol. The molecule has 8 aromatic carbocycles. The fraction of sp³-hybridized carbons (Fsp3) is 0.156. The van der Waals surface area contributed by atoms with Crippen LogP contribution in [0.25, 0.3) is 83.4 Å². The molecule has 3 heterocycles. The summed E-state index contributed by atoms with van der Waals surface area (Å²) in [5, 5.41) is 2.23. The minimum Gasteiger partial charge on any atom is -0.458 e. The monoisotopic (exact) mass is 901 g/mol. The van der Waals surface area contributed by atoms with Gasteiger partial charge >= 0.3 is 0 Å². The summed E-state index contributed by atoms with van der Waals surface area (Å²) in [7, 11) is 0. The van der Waals surface area contributed by atoms with Gasteiger partial charge in [0, 0.05) is 23.0 Å². The van der Waals surface area contributed by atoms with Gasteiger partial charge in [0.1, 0.15) is 17.3 Å². The molecular formula is C64H56N4O. The van der Waals surface area contributed by atoms with E-state index in [4.69, 9.17) is 13.8 Å². The Balaban J connectivity index is 1.14. The van der Waals surface area contributed by atoms with Crippen molar-refractivity contribution in [3.05, 3.63) is 223 Å². The smallest absolute Gasteiger partial charge is 0.269 e. The Morgan fingerprint density at radius 3 is 2.01 bits per heavy atom. The summed E-state index contributed by atoms with van der Waals surface area (Å²) < 4.78 is 57.8. The molecule has 0 bridgehead atoms. The predicted molar refractivity (Wildman–Crippen MR) is 285 cm³/mol. The van der Waals surface area contributed by atoms with Crippen LogP contribution in [-0.4, -0.2) is 14.1 Å². The first-order valence-corrected chi connectivity index (χ1v) is 23.7. The van der Waals surface area contributed by atoms with Gasteiger partial charge < -0.3 is 4.74 Å². The lowest BCUT2D eigenvalue weighted by atomic mass is 9.78. The number of hydrogen-bond acceptors (Lipinski definition) is 2. The zero-order valence-corrected chi connectivity index (χ0v) is 40.1. The molecule has 3 aromatic heterocycles. The summed E-state index contributed by atoms with van der Waals surface area (Å²) in [5.41, 5.74) is 12.6. The maximum atomic E-state index is 9.31. The Labute approximate surface area is 412 Å². The van der Waals surface area contributed by atoms with Gasteiger partial charge in [0.05, 0.1) is 40.3 Å². The van der Waals surface area contributed by atoms with Crippen molar-refractivity contribution in [2.75, 3.05) is 0 Å². The largest absolute Gasteiger partial charge is 0.458 e. The Morgan fingerprint density at radius 1 is 0.565 bits per heavy atom. The van der Waals surface area contributed by atoms with Gasteiger partial charge in [-0.3, -0.25) is 13.7 Å². The molecule has 0 fully saturated rings. The molecule has 0 saturated carbocycles. The van der Waals surface area contributed by atoms with E-state index in [2.05, 4.69) is 162 Å². The second-order valence-corrected chi connectivity index (χ2v) is 19.8. The van der Waals surface area contributed by atoms with E-state index in [0.29, 0.717) is 22.7 Å². The first kappa shape index (κ1) is 38.0. The van der Waals surface area contributed by atoms with Crippen LogP contribution >= 0.6 is 0 Å². The summed E-state index contributed by atoms with van der Waals surface area (Å²) in [5.74, 6) is 2.13. The van der Waals surface area contributed by atoms with Gasteiger partial charge in [-0.2, -0.15) is 0 Å². The van der Waals surface area contributed by atoms with Gasteiger partial charge in [-0.1, -0.05) is 182 Å². The summed E-state index contributed by atoms with van der Waals surface area (Å²) in [4.78, 5) is 4.83. The first-order chi connectivity index (χ1) is 35.5. The van der Waals surface area contributed by atoms with Crippen LogP contribution in [-0.2, 0) is 17.3 Å². The molecule has 0 radical (unpaired) electrons. The Morgan fingerprint density at radius 2 is 1.26 bits per heavy atom. The van der Waals surface area contributed by atoms with Gasteiger partial charge in [-0.25, -0.2) is 4.98 Å². The highest BCUT2D eigenvalue weighted by Gasteiger charge is 2.25. The van der Waals surface area contributed by atoms with Gasteiger partial charge in [-0.05, 0) is 122 Å². The number of para-hydroxylation sites is 2. The number of fused-ring (bicyclic) bond motifs is 4. The molecule has 11 rings (SSSR count). The Hall–Kier alpha value is -8.02. The van der Waals surface area contributed by atoms with E-state index >= 15 is 0 Å². The third kappa shape index (κ3) is 8.18. The Kier molecular flexibility index (Phi) is 9.50. The van der Waals surface area contributed by atoms with Crippen molar-refractivity contribution in [3.63, 3.8) is 0 Å². The van der Waals surface area contributed by atoms with E-state index in [9.17, 15) is 2.74 Å². The fourth-order valence-electron chi connectivity index (χ4n) is 9.42. The maximum absolute atomic E-state index is 9.31. The van der Waals surface area contributed by atoms with E-state index < -0.39 is 18.1 Å². The van der Waals surface area contributed by atoms with Crippen molar-refractivity contribution in [2.24, 2.45) is 0 Å². The van der Waals surface area contributed by atoms with Crippen molar-refractivity contribution in [1.82, 2.24) is 14.1 Å². The van der Waals surface area contributed by atoms with Crippen LogP contribution in [0, 0.1) is 6.33 Å². The normalized spacial score (nSPS) is 13.1. The van der Waals surface area contributed by atoms with Crippen molar-refractivity contribution in [2.45, 2.75) is 65.7 Å². The number of hydrogen-bond donors (Lipinski definition) is 0. The van der Waals surface area contributed by atoms with Crippen molar-refractivity contribution < 1.29 is 16.2 Å². The number of aromatic nitrogens is 4. The highest BCUT2D eigenvalue weighted by atomic mass is 16.5. The van der Waals surface area contributed by atoms with Gasteiger partial charge in [0.2, 0.25) is 0 Å². The fourth-order valence-corrected chi connectivity index (χ4v) is 9.42. The zero-order chi connectivity index (χ0) is 51.8. The minimum atomic E-state index is -0.443. The van der Waals surface area contributed by atoms with Crippen LogP contribution < -0.4 is 9.30 Å². The number of aryl methyl sites for hydroxylation is 1. The summed E-state index contributed by atoms with van der Waals surface area (Å²) in [6, 6.07) is 54.1. The molecule has 0 aliphatic rings. The SMILES string of the molecule is [2H]c1c([2H])c([2H])c(-c2cccc(-c3cc(C(C)(C)C)cc(C(C)(C)C)c3)c2-[n+]2[c-]n(-c3cccc(Oc4ccc5c6ccccc6n(-c6cc(CC)ccn6)c5c4)c3)c3cc(-c4ccccc4)ccc32)c([2H])c1[2H]. The zero-order valence-electron chi connectivity index (χ0n) is 45.1. The first-order valence-electron chi connectivity index (χ1n) is 26.2. The predicted octanol–water partition coefficient (Wildman–Crippen LogP) is 16.2. The number of benzene rings is 8. The lowest BCUT2D eigenvalue weighted by molar-refractivity contribution is -0.571. The number of imidazole rings is 1. The maximum Gasteiger partial charge on any atom is 0.269 e. The van der Waals surface area contributed by atoms with Crippen LogP contribution in [0.4, 0.5) is 0 Å². The standard InChI is InChI=1S/C64H56N4O/c1-8-43-33-34-65-61(35-43)68-57-28-16-15-25-55(57)56-31-30-52(41-59(56)68)69-51-24-17-23-50(40-51)66-42-67(58-32-29-46(38-60(58)66)44-19-11-9-12-20-44)62-53(45-21-13-10-14-22-45)26-18-27-54(62)47-36-48(63(2,3)4)39-49(37-47)64(5,6)7/h9-41H,8H2,1-7H3/i10D,13D,14D,21D,22D. The number of ether oxygens (including phenoxy) is 1. The molecule has 11 aromatic rings. The quantitative estimate of drug-likeness (QED) is 0.107. The van der Waals surface area contributed by atoms with Gasteiger partial charge in [0.15, 0.2) is 0 Å². The van der Waals surface area contributed by atoms with E-state index in [-0.39, 0.29) is 28.5 Å². The highest BCUT2D eigenvalue weighted by molar-refractivity contribution is 6.09. The summed E-state index contributed by atoms with van der Waals surface area (Å²) in [6.07, 6.45) is 6.54. The molecule has 5 heteroatoms. The lowest BCUT2D eigenvalue weighted by Crippen LogP contribution is -2.31. The molecule has 69 heavy (non-hydrogen) atoms. The molecule has 0 saturated heterocycles. The van der Waals surface area contributed by atoms with Gasteiger partial charge in [-0.15, -0.1) is 0 Å². The third-order valence-electron chi connectivity index (χ3n) is 13.2. The van der Waals surface area contributed by atoms with Crippen molar-refractivity contribution in [1.29, 1.82) is 0 Å². The molecule has 0 amide bonds. The third-order valence-corrected chi connectivity index (χ3v) is 13.2. The number of rotatable bonds is 9. The highest BCUT2D eigenvalue weighted by Crippen LogP contribution is 2.40. The Bertz CT molecular complexity index is 3950. The van der Waals surface area contributed by atoms with Crippen LogP contribution in [0.2, 0.25) is 0 Å². The molecule has 5 nitrogen and oxygen atoms in total. The topological polar surface area (TPSA) is 35.9 Å². The van der Waals surface area contributed by atoms with E-state index in [1.54, 1.807) is 0 Å². The van der Waals surface area contributed by atoms with Crippen molar-refractivity contribution >= 4 is 32.8 Å². The molecule has 0 N–H and O–H groups in total. The van der Waals surface area contributed by atoms with Crippen LogP contribution in [0.15, 0.2) is 200 Å². The molecule has 0 aliphatic heterocycles. The summed E-state index contributed by atoms with van der Waals surface area (Å²) >= 11 is 0. The van der Waals surface area contributed by atoms with E-state index in [1.165, 1.54) is 5.56 Å². The molecule has 0 aliphatic carbocycles. The second kappa shape index (κ2) is 17.2. The van der Waals surface area contributed by atoms with Crippen LogP contribution in [0.5, 0.6) is 11.5 Å². The van der Waals surface area contributed by atoms with Crippen molar-refractivity contribution in [3.8, 4) is 62.1 Å². The lowest BCUT2D eigenvalue weighted by Gasteiger charge is -2.27. The second-order valence-electron chi connectivity index (χ2n) is 19.8. The molecule has 0 spiro atoms. The molecule has 0 unspecified atom stereocenters.